The van der Waals surface area contributed by atoms with E-state index in [1.165, 1.54) is 42.0 Å². The maximum Gasteiger partial charge on any atom is 0.270 e. The van der Waals surface area contributed by atoms with Gasteiger partial charge >= 0.3 is 0 Å². The van der Waals surface area contributed by atoms with E-state index >= 15 is 0 Å². The number of halogens is 1. The molecule has 0 atom stereocenters. The van der Waals surface area contributed by atoms with Crippen molar-refractivity contribution in [3.8, 4) is 6.07 Å². The van der Waals surface area contributed by atoms with Crippen LogP contribution in [0.1, 0.15) is 60.6 Å². The maximum atomic E-state index is 14.0. The molecule has 0 unspecified atom stereocenters. The van der Waals surface area contributed by atoms with Crippen LogP contribution in [0.3, 0.4) is 0 Å². The van der Waals surface area contributed by atoms with Crippen molar-refractivity contribution in [1.29, 1.82) is 10.7 Å². The van der Waals surface area contributed by atoms with Crippen molar-refractivity contribution in [3.63, 3.8) is 0 Å². The van der Waals surface area contributed by atoms with Gasteiger partial charge in [-0.15, -0.1) is 0 Å². The van der Waals surface area contributed by atoms with Crippen LogP contribution in [0.5, 0.6) is 0 Å². The van der Waals surface area contributed by atoms with E-state index in [1.807, 2.05) is 25.1 Å². The summed E-state index contributed by atoms with van der Waals surface area (Å²) in [7, 11) is 1.54. The van der Waals surface area contributed by atoms with Crippen LogP contribution in [0.4, 0.5) is 4.39 Å². The van der Waals surface area contributed by atoms with E-state index in [1.54, 1.807) is 13.1 Å². The first-order valence-corrected chi connectivity index (χ1v) is 13.4. The molecule has 0 heterocycles. The fourth-order valence-electron chi connectivity index (χ4n) is 3.83. The molecule has 0 aliphatic rings. The van der Waals surface area contributed by atoms with Gasteiger partial charge in [0.15, 0.2) is 0 Å². The number of methoxy groups -OCH3 is 1. The van der Waals surface area contributed by atoms with Crippen LogP contribution in [-0.4, -0.2) is 31.7 Å². The molecule has 1 amide bonds. The highest BCUT2D eigenvalue weighted by molar-refractivity contribution is 5.95. The summed E-state index contributed by atoms with van der Waals surface area (Å²) in [6.45, 7) is 6.12. The smallest absolute Gasteiger partial charge is 0.270 e. The molecular weight excluding hydrogens is 517 g/mol. The van der Waals surface area contributed by atoms with Gasteiger partial charge in [-0.25, -0.2) is 4.39 Å². The fourth-order valence-corrected chi connectivity index (χ4v) is 3.83. The summed E-state index contributed by atoms with van der Waals surface area (Å²) >= 11 is 0. The molecule has 41 heavy (non-hydrogen) atoms. The molecule has 0 aromatic heterocycles. The van der Waals surface area contributed by atoms with Crippen molar-refractivity contribution in [2.75, 3.05) is 13.7 Å². The van der Waals surface area contributed by atoms with Crippen molar-refractivity contribution in [2.45, 2.75) is 46.6 Å². The first-order valence-electron chi connectivity index (χ1n) is 13.4. The molecule has 3 aromatic carbocycles. The lowest BCUT2D eigenvalue weighted by Gasteiger charge is -2.10. The summed E-state index contributed by atoms with van der Waals surface area (Å²) in [6.07, 6.45) is 4.29. The summed E-state index contributed by atoms with van der Waals surface area (Å²) < 4.78 is 19.0. The molecule has 0 fully saturated rings. The number of nitrogen functional groups attached to an aromatic ring is 1. The fraction of sp³-hybridized carbons (Fsp3) is 0.273. The predicted octanol–water partition coefficient (Wildman–Crippen LogP) is 5.84. The molecule has 0 aliphatic carbocycles. The molecule has 0 radical (unpaired) electrons. The molecule has 0 bridgehead atoms. The second-order valence-corrected chi connectivity index (χ2v) is 9.34. The van der Waals surface area contributed by atoms with Gasteiger partial charge in [-0.1, -0.05) is 62.4 Å². The molecule has 0 spiro atoms. The molecular formula is C33H38FN5O2. The molecule has 8 heteroatoms. The van der Waals surface area contributed by atoms with E-state index in [-0.39, 0.29) is 24.7 Å². The zero-order valence-electron chi connectivity index (χ0n) is 24.1. The molecule has 0 aliphatic heterocycles. The van der Waals surface area contributed by atoms with Crippen molar-refractivity contribution < 1.29 is 13.9 Å². The minimum Gasteiger partial charge on any atom is -0.384 e. The van der Waals surface area contributed by atoms with Crippen LogP contribution in [0.2, 0.25) is 0 Å². The Kier molecular flexibility index (Phi) is 13.6. The maximum absolute atomic E-state index is 14.0. The second kappa shape index (κ2) is 17.2. The number of nitrogens with zero attached hydrogens (tertiary/aromatic N) is 2. The third kappa shape index (κ3) is 10.8. The number of benzene rings is 3. The molecule has 3 aromatic rings. The number of nitrogens with one attached hydrogen (secondary N) is 2. The van der Waals surface area contributed by atoms with E-state index in [0.29, 0.717) is 23.1 Å². The van der Waals surface area contributed by atoms with Gasteiger partial charge in [0.1, 0.15) is 17.3 Å². The molecule has 3 rings (SSSR count). The van der Waals surface area contributed by atoms with Gasteiger partial charge in [0, 0.05) is 31.0 Å². The van der Waals surface area contributed by atoms with Crippen LogP contribution >= 0.6 is 0 Å². The number of carbonyl (C=O) groups excluding carboxylic acids is 1. The Bertz CT molecular complexity index is 1420. The highest BCUT2D eigenvalue weighted by atomic mass is 19.1. The van der Waals surface area contributed by atoms with E-state index in [2.05, 4.69) is 53.6 Å². The Morgan fingerprint density at radius 3 is 2.39 bits per heavy atom. The van der Waals surface area contributed by atoms with E-state index in [0.717, 1.165) is 18.4 Å². The number of carbonyl (C=O) groups is 1. The standard InChI is InChI=1S/C17H23FN4O2.C16H15N/c1-4-7-21-15(11(2)10-24-3)17(23)22-9-13-6-5-12(16(19)20)8-14(13)18;1-2-13-6-8-14(9-7-13)10-15-4-3-5-16(11-15)12-17/h5-8H,4,9-10H2,1-3H3,(H3,19,20)(H,22,23);3-9,11H,2,10H2,1H3/b15-11+,21-7?;. The number of hydrogen-bond donors (Lipinski definition) is 3. The summed E-state index contributed by atoms with van der Waals surface area (Å²) in [6, 6.07) is 22.8. The third-order valence-electron chi connectivity index (χ3n) is 6.08. The Morgan fingerprint density at radius 2 is 1.80 bits per heavy atom. The summed E-state index contributed by atoms with van der Waals surface area (Å²) in [5.74, 6) is -1.14. The molecule has 4 N–H and O–H groups in total. The van der Waals surface area contributed by atoms with Crippen molar-refractivity contribution in [1.82, 2.24) is 5.32 Å². The van der Waals surface area contributed by atoms with Crippen LogP contribution in [0, 0.1) is 22.6 Å². The number of amides is 1. The lowest BCUT2D eigenvalue weighted by molar-refractivity contribution is -0.117. The molecule has 7 nitrogen and oxygen atoms in total. The first kappa shape index (κ1) is 32.6. The summed E-state index contributed by atoms with van der Waals surface area (Å²) in [4.78, 5) is 16.5. The zero-order valence-corrected chi connectivity index (χ0v) is 24.1. The Labute approximate surface area is 242 Å². The minimum atomic E-state index is -0.529. The second-order valence-electron chi connectivity index (χ2n) is 9.34. The molecule has 0 saturated heterocycles. The van der Waals surface area contributed by atoms with Gasteiger partial charge in [-0.3, -0.25) is 15.2 Å². The number of aliphatic imine (C=N–C) groups is 1. The molecule has 0 saturated carbocycles. The Hall–Kier alpha value is -4.61. The Balaban J connectivity index is 0.000000303. The number of rotatable bonds is 11. The monoisotopic (exact) mass is 555 g/mol. The number of amidine groups is 1. The summed E-state index contributed by atoms with van der Waals surface area (Å²) in [5.41, 5.74) is 11.4. The minimum absolute atomic E-state index is 0.00819. The van der Waals surface area contributed by atoms with E-state index in [9.17, 15) is 9.18 Å². The van der Waals surface area contributed by atoms with Crippen molar-refractivity contribution in [2.24, 2.45) is 10.7 Å². The number of nitrogens with two attached hydrogens (primary N) is 1. The average molecular weight is 556 g/mol. The van der Waals surface area contributed by atoms with Gasteiger partial charge < -0.3 is 15.8 Å². The van der Waals surface area contributed by atoms with Crippen LogP contribution in [-0.2, 0) is 28.9 Å². The SMILES string of the molecule is CCC=N/C(C(=O)NCc1ccc(C(=N)N)cc1F)=C(\C)COC.CCc1ccc(Cc2cccc(C#N)c2)cc1. The average Bonchev–Trinajstić information content (AvgIpc) is 2.97. The van der Waals surface area contributed by atoms with Crippen molar-refractivity contribution >= 4 is 18.0 Å². The largest absolute Gasteiger partial charge is 0.384 e. The first-order chi connectivity index (χ1) is 19.7. The quantitative estimate of drug-likeness (QED) is 0.156. The number of nitriles is 1. The van der Waals surface area contributed by atoms with Gasteiger partial charge in [-0.05, 0) is 66.6 Å². The van der Waals surface area contributed by atoms with Gasteiger partial charge in [0.2, 0.25) is 0 Å². The highest BCUT2D eigenvalue weighted by Crippen LogP contribution is 2.13. The van der Waals surface area contributed by atoms with Gasteiger partial charge in [0.05, 0.1) is 18.2 Å². The van der Waals surface area contributed by atoms with E-state index in [4.69, 9.17) is 21.1 Å². The topological polar surface area (TPSA) is 124 Å². The predicted molar refractivity (Wildman–Crippen MR) is 162 cm³/mol. The normalized spacial score (nSPS) is 11.2. The lowest BCUT2D eigenvalue weighted by Crippen LogP contribution is -2.26. The van der Waals surface area contributed by atoms with Crippen LogP contribution < -0.4 is 11.1 Å². The van der Waals surface area contributed by atoms with Gasteiger partial charge in [0.25, 0.3) is 5.91 Å². The Morgan fingerprint density at radius 1 is 1.10 bits per heavy atom. The zero-order chi connectivity index (χ0) is 30.2. The number of ether oxygens (including phenoxy) is 1. The van der Waals surface area contributed by atoms with Crippen molar-refractivity contribution in [3.05, 3.63) is 117 Å². The highest BCUT2D eigenvalue weighted by Gasteiger charge is 2.13. The lowest BCUT2D eigenvalue weighted by atomic mass is 10.0. The number of aryl methyl sites for hydroxylation is 1. The third-order valence-corrected chi connectivity index (χ3v) is 6.08. The van der Waals surface area contributed by atoms with Crippen LogP contribution in [0.25, 0.3) is 0 Å². The number of hydrogen-bond acceptors (Lipinski definition) is 5. The van der Waals surface area contributed by atoms with Crippen LogP contribution in [0.15, 0.2) is 83.0 Å². The van der Waals surface area contributed by atoms with E-state index < -0.39 is 11.7 Å². The summed E-state index contributed by atoms with van der Waals surface area (Å²) in [5, 5.41) is 18.8. The van der Waals surface area contributed by atoms with Gasteiger partial charge in [-0.2, -0.15) is 5.26 Å². The molecule has 214 valence electrons.